The van der Waals surface area contributed by atoms with Gasteiger partial charge in [0.2, 0.25) is 10.9 Å². The third kappa shape index (κ3) is 2.98. The lowest BCUT2D eigenvalue weighted by molar-refractivity contribution is -0.120. The minimum absolute atomic E-state index is 0.394. The number of hydrogen-bond acceptors (Lipinski definition) is 4. The lowest BCUT2D eigenvalue weighted by Gasteiger charge is -2.15. The van der Waals surface area contributed by atoms with Gasteiger partial charge in [-0.1, -0.05) is 0 Å². The summed E-state index contributed by atoms with van der Waals surface area (Å²) in [6.07, 6.45) is 1.17. The maximum Gasteiger partial charge on any atom is 0.263 e. The van der Waals surface area contributed by atoms with Crippen molar-refractivity contribution in [2.45, 2.75) is 5.03 Å². The van der Waals surface area contributed by atoms with Gasteiger partial charge in [0.25, 0.3) is 10.0 Å². The molecule has 1 rings (SSSR count). The number of nitrogens with one attached hydrogen (secondary N) is 1. The van der Waals surface area contributed by atoms with Crippen LogP contribution in [0.15, 0.2) is 23.4 Å². The Bertz CT molecular complexity index is 518. The highest BCUT2D eigenvalue weighted by molar-refractivity contribution is 7.89. The van der Waals surface area contributed by atoms with Crippen molar-refractivity contribution >= 4 is 15.9 Å². The number of hydrogen-bond donors (Lipinski definition) is 1. The van der Waals surface area contributed by atoms with Crippen molar-refractivity contribution in [3.8, 4) is 0 Å². The van der Waals surface area contributed by atoms with Crippen LogP contribution < -0.4 is 5.32 Å². The second kappa shape index (κ2) is 5.19. The van der Waals surface area contributed by atoms with Crippen LogP contribution in [0.4, 0.5) is 4.39 Å². The number of halogens is 1. The van der Waals surface area contributed by atoms with Crippen LogP contribution in [0.25, 0.3) is 0 Å². The number of amides is 1. The van der Waals surface area contributed by atoms with Gasteiger partial charge in [-0.05, 0) is 12.1 Å². The molecule has 1 amide bonds. The summed E-state index contributed by atoms with van der Waals surface area (Å²) in [5, 5.41) is 1.59. The number of aromatic nitrogens is 1. The van der Waals surface area contributed by atoms with Crippen molar-refractivity contribution in [2.75, 3.05) is 20.6 Å². The van der Waals surface area contributed by atoms with Gasteiger partial charge in [-0.25, -0.2) is 17.8 Å². The molecule has 6 nitrogen and oxygen atoms in total. The first-order valence-electron chi connectivity index (χ1n) is 4.67. The molecule has 0 saturated carbocycles. The van der Waals surface area contributed by atoms with Crippen molar-refractivity contribution in [1.29, 1.82) is 0 Å². The van der Waals surface area contributed by atoms with Crippen molar-refractivity contribution in [1.82, 2.24) is 14.6 Å². The average molecular weight is 261 g/mol. The molecule has 0 aliphatic carbocycles. The predicted molar refractivity (Wildman–Crippen MR) is 58.1 cm³/mol. The Morgan fingerprint density at radius 1 is 1.59 bits per heavy atom. The average Bonchev–Trinajstić information content (AvgIpc) is 2.29. The van der Waals surface area contributed by atoms with Crippen LogP contribution in [0.2, 0.25) is 0 Å². The fourth-order valence-corrected chi connectivity index (χ4v) is 2.17. The largest absolute Gasteiger partial charge is 0.358 e. The molecular formula is C9H12FN3O3S. The minimum atomic E-state index is -4.09. The molecule has 1 aromatic heterocycles. The van der Waals surface area contributed by atoms with E-state index in [1.54, 1.807) is 0 Å². The van der Waals surface area contributed by atoms with E-state index in [0.717, 1.165) is 10.4 Å². The molecule has 0 aromatic carbocycles. The predicted octanol–water partition coefficient (Wildman–Crippen LogP) is -0.413. The van der Waals surface area contributed by atoms with E-state index < -0.39 is 33.3 Å². The lowest BCUT2D eigenvalue weighted by Crippen LogP contribution is -2.37. The fraction of sp³-hybridized carbons (Fsp3) is 0.333. The Hall–Kier alpha value is -1.54. The SMILES string of the molecule is CNC(=O)CN(C)S(=O)(=O)c1ncccc1F. The van der Waals surface area contributed by atoms with Gasteiger partial charge in [0.1, 0.15) is 0 Å². The Kier molecular flexibility index (Phi) is 4.13. The monoisotopic (exact) mass is 261 g/mol. The van der Waals surface area contributed by atoms with Crippen molar-refractivity contribution in [3.05, 3.63) is 24.1 Å². The Labute approximate surface area is 98.5 Å². The maximum atomic E-state index is 13.3. The number of likely N-dealkylation sites (N-methyl/N-ethyl adjacent to an activating group) is 2. The zero-order chi connectivity index (χ0) is 13.1. The molecule has 0 atom stereocenters. The number of nitrogens with zero attached hydrogens (tertiary/aromatic N) is 2. The minimum Gasteiger partial charge on any atom is -0.358 e. The van der Waals surface area contributed by atoms with Crippen molar-refractivity contribution in [3.63, 3.8) is 0 Å². The summed E-state index contributed by atoms with van der Waals surface area (Å²) in [6.45, 7) is -0.394. The Balaban J connectivity index is 3.04. The van der Waals surface area contributed by atoms with Gasteiger partial charge in [-0.3, -0.25) is 4.79 Å². The van der Waals surface area contributed by atoms with E-state index >= 15 is 0 Å². The maximum absolute atomic E-state index is 13.3. The van der Waals surface area contributed by atoms with Crippen LogP contribution in [-0.4, -0.2) is 44.3 Å². The normalized spacial score (nSPS) is 11.5. The number of carbonyl (C=O) groups is 1. The molecule has 0 spiro atoms. The van der Waals surface area contributed by atoms with E-state index in [1.807, 2.05) is 0 Å². The third-order valence-electron chi connectivity index (χ3n) is 2.02. The molecule has 0 fully saturated rings. The van der Waals surface area contributed by atoms with E-state index in [0.29, 0.717) is 0 Å². The summed E-state index contributed by atoms with van der Waals surface area (Å²) in [6, 6.07) is 2.28. The van der Waals surface area contributed by atoms with Crippen LogP contribution in [0.5, 0.6) is 0 Å². The highest BCUT2D eigenvalue weighted by Crippen LogP contribution is 2.14. The number of pyridine rings is 1. The van der Waals surface area contributed by atoms with Crippen molar-refractivity contribution in [2.24, 2.45) is 0 Å². The Morgan fingerprint density at radius 2 is 2.24 bits per heavy atom. The number of rotatable bonds is 4. The summed E-state index contributed by atoms with van der Waals surface area (Å²) in [4.78, 5) is 14.5. The van der Waals surface area contributed by atoms with Gasteiger partial charge in [0.15, 0.2) is 5.82 Å². The highest BCUT2D eigenvalue weighted by atomic mass is 32.2. The van der Waals surface area contributed by atoms with E-state index in [-0.39, 0.29) is 0 Å². The molecule has 0 aliphatic heterocycles. The topological polar surface area (TPSA) is 79.4 Å². The molecule has 0 bridgehead atoms. The Morgan fingerprint density at radius 3 is 2.76 bits per heavy atom. The fourth-order valence-electron chi connectivity index (χ4n) is 1.07. The van der Waals surface area contributed by atoms with Gasteiger partial charge in [-0.2, -0.15) is 4.31 Å². The van der Waals surface area contributed by atoms with Gasteiger partial charge in [-0.15, -0.1) is 0 Å². The van der Waals surface area contributed by atoms with E-state index in [2.05, 4.69) is 10.3 Å². The van der Waals surface area contributed by atoms with Gasteiger partial charge in [0, 0.05) is 20.3 Å². The first-order valence-corrected chi connectivity index (χ1v) is 6.11. The van der Waals surface area contributed by atoms with Crippen LogP contribution in [0, 0.1) is 5.82 Å². The smallest absolute Gasteiger partial charge is 0.263 e. The lowest BCUT2D eigenvalue weighted by atomic mass is 10.5. The molecule has 0 saturated heterocycles. The third-order valence-corrected chi connectivity index (χ3v) is 3.76. The molecule has 1 N–H and O–H groups in total. The second-order valence-electron chi connectivity index (χ2n) is 3.22. The molecule has 8 heteroatoms. The van der Waals surface area contributed by atoms with E-state index in [4.69, 9.17) is 0 Å². The second-order valence-corrected chi connectivity index (χ2v) is 5.18. The highest BCUT2D eigenvalue weighted by Gasteiger charge is 2.26. The first-order chi connectivity index (χ1) is 7.89. The zero-order valence-corrected chi connectivity index (χ0v) is 10.2. The van der Waals surface area contributed by atoms with E-state index in [1.165, 1.54) is 26.4 Å². The molecule has 0 aliphatic rings. The van der Waals surface area contributed by atoms with Crippen LogP contribution in [0.1, 0.15) is 0 Å². The van der Waals surface area contributed by atoms with Gasteiger partial charge < -0.3 is 5.32 Å². The molecule has 1 aromatic rings. The first kappa shape index (κ1) is 13.5. The molecule has 17 heavy (non-hydrogen) atoms. The zero-order valence-electron chi connectivity index (χ0n) is 9.34. The number of carbonyl (C=O) groups excluding carboxylic acids is 1. The standard InChI is InChI=1S/C9H12FN3O3S/c1-11-8(14)6-13(2)17(15,16)9-7(10)4-3-5-12-9/h3-5H,6H2,1-2H3,(H,11,14). The molecule has 1 heterocycles. The summed E-state index contributed by atoms with van der Waals surface area (Å²) in [5.74, 6) is -1.44. The summed E-state index contributed by atoms with van der Waals surface area (Å²) in [7, 11) is -1.53. The summed E-state index contributed by atoms with van der Waals surface area (Å²) < 4.78 is 37.7. The van der Waals surface area contributed by atoms with E-state index in [9.17, 15) is 17.6 Å². The number of sulfonamides is 1. The van der Waals surface area contributed by atoms with Gasteiger partial charge >= 0.3 is 0 Å². The quantitative estimate of drug-likeness (QED) is 0.799. The van der Waals surface area contributed by atoms with Gasteiger partial charge in [0.05, 0.1) is 6.54 Å². The summed E-state index contributed by atoms with van der Waals surface area (Å²) in [5.41, 5.74) is 0. The molecule has 0 unspecified atom stereocenters. The molecule has 94 valence electrons. The molecular weight excluding hydrogens is 249 g/mol. The van der Waals surface area contributed by atoms with Crippen LogP contribution in [0.3, 0.4) is 0 Å². The molecule has 0 radical (unpaired) electrons. The summed E-state index contributed by atoms with van der Waals surface area (Å²) >= 11 is 0. The van der Waals surface area contributed by atoms with Crippen molar-refractivity contribution < 1.29 is 17.6 Å². The van der Waals surface area contributed by atoms with Crippen LogP contribution in [-0.2, 0) is 14.8 Å². The van der Waals surface area contributed by atoms with Crippen LogP contribution >= 0.6 is 0 Å².